The minimum absolute atomic E-state index is 0.00560. The molecule has 0 unspecified atom stereocenters. The molecule has 2 rings (SSSR count). The van der Waals surface area contributed by atoms with E-state index >= 15 is 0 Å². The lowest BCUT2D eigenvalue weighted by atomic mass is 10.1. The summed E-state index contributed by atoms with van der Waals surface area (Å²) in [5, 5.41) is 9.03. The van der Waals surface area contributed by atoms with Gasteiger partial charge in [-0.05, 0) is 13.0 Å². The van der Waals surface area contributed by atoms with Crippen LogP contribution in [-0.4, -0.2) is 29.8 Å². The Hall–Kier alpha value is -1.29. The average molecular weight is 181 g/mol. The Morgan fingerprint density at radius 1 is 1.69 bits per heavy atom. The van der Waals surface area contributed by atoms with E-state index in [9.17, 15) is 0 Å². The number of aliphatic hydroxyl groups is 1. The van der Waals surface area contributed by atoms with E-state index in [2.05, 4.69) is 4.99 Å². The number of nitrogens with zero attached hydrogens (tertiary/aromatic N) is 1. The first-order valence-corrected chi connectivity index (χ1v) is 4.10. The van der Waals surface area contributed by atoms with Crippen LogP contribution in [0.25, 0.3) is 0 Å². The summed E-state index contributed by atoms with van der Waals surface area (Å²) in [7, 11) is 0. The fraction of sp³-hybridized carbons (Fsp3) is 0.444. The highest BCUT2D eigenvalue weighted by molar-refractivity contribution is 5.95. The van der Waals surface area contributed by atoms with E-state index in [0.29, 0.717) is 12.5 Å². The molecular weight excluding hydrogens is 170 g/mol. The number of hydrogen-bond acceptors (Lipinski definition) is 4. The molecule has 0 amide bonds. The van der Waals surface area contributed by atoms with Gasteiger partial charge in [0.05, 0.1) is 18.4 Å². The molecule has 0 aliphatic carbocycles. The van der Waals surface area contributed by atoms with Gasteiger partial charge in [0.2, 0.25) is 5.90 Å². The lowest BCUT2D eigenvalue weighted by Crippen LogP contribution is -2.28. The van der Waals surface area contributed by atoms with Crippen LogP contribution < -0.4 is 0 Å². The highest BCUT2D eigenvalue weighted by atomic mass is 16.5. The van der Waals surface area contributed by atoms with Crippen LogP contribution in [0.4, 0.5) is 0 Å². The summed E-state index contributed by atoms with van der Waals surface area (Å²) in [6.45, 7) is 2.26. The summed E-state index contributed by atoms with van der Waals surface area (Å²) in [4.78, 5) is 4.27. The normalized spacial score (nSPS) is 27.1. The molecule has 70 valence electrons. The predicted octanol–water partition coefficient (Wildman–Crippen LogP) is 0.807. The number of hydrogen-bond donors (Lipinski definition) is 1. The van der Waals surface area contributed by atoms with Crippen molar-refractivity contribution in [2.24, 2.45) is 4.99 Å². The van der Waals surface area contributed by atoms with Crippen molar-refractivity contribution in [3.8, 4) is 0 Å². The summed E-state index contributed by atoms with van der Waals surface area (Å²) >= 11 is 0. The van der Waals surface area contributed by atoms with Crippen molar-refractivity contribution in [1.82, 2.24) is 0 Å². The number of furan rings is 1. The average Bonchev–Trinajstić information content (AvgIpc) is 2.73. The third kappa shape index (κ3) is 1.45. The molecule has 1 atom stereocenters. The molecule has 4 nitrogen and oxygen atoms in total. The van der Waals surface area contributed by atoms with Gasteiger partial charge in [0.25, 0.3) is 0 Å². The van der Waals surface area contributed by atoms with Crippen molar-refractivity contribution in [1.29, 1.82) is 0 Å². The summed E-state index contributed by atoms with van der Waals surface area (Å²) in [6.07, 6.45) is 3.14. The Kier molecular flexibility index (Phi) is 1.84. The van der Waals surface area contributed by atoms with Crippen LogP contribution in [0.1, 0.15) is 12.5 Å². The van der Waals surface area contributed by atoms with Gasteiger partial charge < -0.3 is 14.3 Å². The van der Waals surface area contributed by atoms with Gasteiger partial charge in [-0.15, -0.1) is 0 Å². The summed E-state index contributed by atoms with van der Waals surface area (Å²) in [6, 6.07) is 1.78. The van der Waals surface area contributed by atoms with E-state index in [1.54, 1.807) is 18.6 Å². The molecule has 0 aromatic carbocycles. The Labute approximate surface area is 75.8 Å². The van der Waals surface area contributed by atoms with Crippen molar-refractivity contribution in [2.75, 3.05) is 13.2 Å². The highest BCUT2D eigenvalue weighted by Gasteiger charge is 2.31. The second-order valence-corrected chi connectivity index (χ2v) is 3.37. The molecule has 4 heteroatoms. The number of aliphatic hydroxyl groups excluding tert-OH is 1. The van der Waals surface area contributed by atoms with Crippen LogP contribution in [-0.2, 0) is 4.74 Å². The zero-order valence-electron chi connectivity index (χ0n) is 7.36. The SMILES string of the molecule is C[C@@]1(CO)COC(c2ccoc2)=N1. The van der Waals surface area contributed by atoms with Gasteiger partial charge in [-0.25, -0.2) is 4.99 Å². The highest BCUT2D eigenvalue weighted by Crippen LogP contribution is 2.20. The zero-order chi connectivity index (χ0) is 9.31. The maximum absolute atomic E-state index is 9.03. The topological polar surface area (TPSA) is 55.0 Å². The molecule has 0 fully saturated rings. The van der Waals surface area contributed by atoms with Crippen LogP contribution >= 0.6 is 0 Å². The molecule has 1 aliphatic rings. The van der Waals surface area contributed by atoms with Gasteiger partial charge in [-0.2, -0.15) is 0 Å². The Balaban J connectivity index is 2.24. The van der Waals surface area contributed by atoms with Crippen LogP contribution in [0.5, 0.6) is 0 Å². The van der Waals surface area contributed by atoms with Crippen molar-refractivity contribution in [3.63, 3.8) is 0 Å². The van der Waals surface area contributed by atoms with Gasteiger partial charge in [-0.1, -0.05) is 0 Å². The molecule has 2 heterocycles. The molecule has 0 bridgehead atoms. The fourth-order valence-electron chi connectivity index (χ4n) is 1.15. The van der Waals surface area contributed by atoms with Gasteiger partial charge in [-0.3, -0.25) is 0 Å². The van der Waals surface area contributed by atoms with Crippen molar-refractivity contribution < 1.29 is 14.3 Å². The van der Waals surface area contributed by atoms with Gasteiger partial charge >= 0.3 is 0 Å². The van der Waals surface area contributed by atoms with E-state index in [1.807, 2.05) is 6.92 Å². The summed E-state index contributed by atoms with van der Waals surface area (Å²) in [5.74, 6) is 0.547. The monoisotopic (exact) mass is 181 g/mol. The van der Waals surface area contributed by atoms with E-state index in [-0.39, 0.29) is 6.61 Å². The first-order valence-electron chi connectivity index (χ1n) is 4.10. The molecule has 1 aromatic heterocycles. The smallest absolute Gasteiger partial charge is 0.220 e. The van der Waals surface area contributed by atoms with Crippen molar-refractivity contribution >= 4 is 5.90 Å². The predicted molar refractivity (Wildman–Crippen MR) is 46.7 cm³/mol. The molecule has 1 aromatic rings. The Bertz CT molecular complexity index is 318. The maximum atomic E-state index is 9.03. The lowest BCUT2D eigenvalue weighted by Gasteiger charge is -2.12. The standard InChI is InChI=1S/C9H11NO3/c1-9(5-11)6-13-8(10-9)7-2-3-12-4-7/h2-4,11H,5-6H2,1H3/t9-/m1/s1. The number of ether oxygens (including phenoxy) is 1. The number of rotatable bonds is 2. The number of aliphatic imine (C=N–C) groups is 1. The van der Waals surface area contributed by atoms with Crippen molar-refractivity contribution in [2.45, 2.75) is 12.5 Å². The second-order valence-electron chi connectivity index (χ2n) is 3.37. The third-order valence-corrected chi connectivity index (χ3v) is 2.00. The molecule has 0 radical (unpaired) electrons. The van der Waals surface area contributed by atoms with Crippen LogP contribution in [0.2, 0.25) is 0 Å². The van der Waals surface area contributed by atoms with Crippen LogP contribution in [0, 0.1) is 0 Å². The van der Waals surface area contributed by atoms with Gasteiger partial charge in [0.15, 0.2) is 0 Å². The van der Waals surface area contributed by atoms with Crippen molar-refractivity contribution in [3.05, 3.63) is 24.2 Å². The van der Waals surface area contributed by atoms with E-state index < -0.39 is 5.54 Å². The van der Waals surface area contributed by atoms with Crippen LogP contribution in [0.15, 0.2) is 28.0 Å². The lowest BCUT2D eigenvalue weighted by molar-refractivity contribution is 0.170. The molecule has 1 N–H and O–H groups in total. The largest absolute Gasteiger partial charge is 0.475 e. The third-order valence-electron chi connectivity index (χ3n) is 2.00. The van der Waals surface area contributed by atoms with Gasteiger partial charge in [0, 0.05) is 0 Å². The maximum Gasteiger partial charge on any atom is 0.220 e. The second kappa shape index (κ2) is 2.88. The van der Waals surface area contributed by atoms with E-state index in [1.165, 1.54) is 0 Å². The van der Waals surface area contributed by atoms with Gasteiger partial charge in [0.1, 0.15) is 18.4 Å². The Morgan fingerprint density at radius 3 is 3.08 bits per heavy atom. The quantitative estimate of drug-likeness (QED) is 0.734. The molecule has 0 spiro atoms. The molecule has 13 heavy (non-hydrogen) atoms. The summed E-state index contributed by atoms with van der Waals surface area (Å²) in [5.41, 5.74) is 0.323. The molecule has 0 saturated heterocycles. The molecule has 1 aliphatic heterocycles. The first-order chi connectivity index (χ1) is 6.23. The minimum Gasteiger partial charge on any atom is -0.475 e. The first kappa shape index (κ1) is 8.31. The minimum atomic E-state index is -0.493. The molecular formula is C9H11NO3. The Morgan fingerprint density at radius 2 is 2.54 bits per heavy atom. The zero-order valence-corrected chi connectivity index (χ0v) is 7.36. The summed E-state index contributed by atoms with van der Waals surface area (Å²) < 4.78 is 10.2. The molecule has 0 saturated carbocycles. The fourth-order valence-corrected chi connectivity index (χ4v) is 1.15. The van der Waals surface area contributed by atoms with E-state index in [4.69, 9.17) is 14.3 Å². The van der Waals surface area contributed by atoms with E-state index in [0.717, 1.165) is 5.56 Å². The van der Waals surface area contributed by atoms with Crippen LogP contribution in [0.3, 0.4) is 0 Å².